The molecular weight excluding hydrogens is 419 g/mol. The Morgan fingerprint density at radius 1 is 1.06 bits per heavy atom. The van der Waals surface area contributed by atoms with Gasteiger partial charge in [-0.25, -0.2) is 4.39 Å². The third-order valence-corrected chi connectivity index (χ3v) is 9.19. The van der Waals surface area contributed by atoms with Crippen molar-refractivity contribution >= 4 is 5.91 Å². The molecule has 1 saturated heterocycles. The van der Waals surface area contributed by atoms with Gasteiger partial charge in [-0.05, 0) is 93.2 Å². The van der Waals surface area contributed by atoms with Gasteiger partial charge in [-0.15, -0.1) is 0 Å². The number of carbonyl (C=O) groups excluding carboxylic acids is 1. The fourth-order valence-corrected chi connectivity index (χ4v) is 6.55. The van der Waals surface area contributed by atoms with Crippen molar-refractivity contribution < 1.29 is 18.7 Å². The Morgan fingerprint density at radius 3 is 2.24 bits per heavy atom. The van der Waals surface area contributed by atoms with Crippen molar-refractivity contribution in [3.8, 4) is 5.75 Å². The van der Waals surface area contributed by atoms with Crippen molar-refractivity contribution in [3.63, 3.8) is 0 Å². The molecule has 1 heterocycles. The number of rotatable bonds is 8. The third-order valence-electron chi connectivity index (χ3n) is 9.19. The SMILES string of the molecule is NCC(=CF)COc1ccc(C23CCC(C(=O)NC4(C5CCOCC5)CC4)(CC2)CC3)cc1. The lowest BCUT2D eigenvalue weighted by atomic mass is 9.51. The molecule has 3 N–H and O–H groups in total. The zero-order valence-corrected chi connectivity index (χ0v) is 19.5. The van der Waals surface area contributed by atoms with Gasteiger partial charge in [0.25, 0.3) is 0 Å². The van der Waals surface area contributed by atoms with Crippen LogP contribution in [0.2, 0.25) is 0 Å². The van der Waals surface area contributed by atoms with Crippen molar-refractivity contribution in [2.75, 3.05) is 26.4 Å². The van der Waals surface area contributed by atoms with Crippen molar-refractivity contribution in [1.82, 2.24) is 5.32 Å². The van der Waals surface area contributed by atoms with Crippen LogP contribution in [0.1, 0.15) is 69.8 Å². The lowest BCUT2D eigenvalue weighted by Gasteiger charge is -2.53. The summed E-state index contributed by atoms with van der Waals surface area (Å²) in [6, 6.07) is 8.26. The topological polar surface area (TPSA) is 73.6 Å². The molecule has 0 radical (unpaired) electrons. The highest BCUT2D eigenvalue weighted by Crippen LogP contribution is 2.58. The summed E-state index contributed by atoms with van der Waals surface area (Å²) in [7, 11) is 0. The van der Waals surface area contributed by atoms with E-state index in [2.05, 4.69) is 17.4 Å². The second kappa shape index (κ2) is 9.03. The smallest absolute Gasteiger partial charge is 0.226 e. The maximum absolute atomic E-state index is 13.5. The Labute approximate surface area is 196 Å². The van der Waals surface area contributed by atoms with Crippen molar-refractivity contribution in [2.24, 2.45) is 17.1 Å². The average molecular weight is 457 g/mol. The van der Waals surface area contributed by atoms with E-state index in [0.717, 1.165) is 83.2 Å². The van der Waals surface area contributed by atoms with Crippen molar-refractivity contribution in [3.05, 3.63) is 41.7 Å². The first-order valence-corrected chi connectivity index (χ1v) is 12.7. The molecule has 5 aliphatic rings. The molecule has 4 saturated carbocycles. The van der Waals surface area contributed by atoms with Gasteiger partial charge < -0.3 is 20.5 Å². The number of halogens is 1. The fraction of sp³-hybridized carbons (Fsp3) is 0.667. The molecular formula is C27H37FN2O3. The Kier molecular flexibility index (Phi) is 6.25. The Balaban J connectivity index is 1.20. The minimum atomic E-state index is -0.178. The van der Waals surface area contributed by atoms with Crippen LogP contribution >= 0.6 is 0 Å². The maximum Gasteiger partial charge on any atom is 0.226 e. The van der Waals surface area contributed by atoms with Crippen LogP contribution in [0.15, 0.2) is 36.2 Å². The monoisotopic (exact) mass is 456 g/mol. The summed E-state index contributed by atoms with van der Waals surface area (Å²) in [4.78, 5) is 13.5. The highest BCUT2D eigenvalue weighted by molar-refractivity contribution is 5.84. The summed E-state index contributed by atoms with van der Waals surface area (Å²) in [5, 5.41) is 3.56. The molecule has 6 rings (SSSR count). The first kappa shape index (κ1) is 22.9. The first-order chi connectivity index (χ1) is 16.0. The molecule has 1 aromatic rings. The van der Waals surface area contributed by atoms with Crippen LogP contribution in [0.25, 0.3) is 0 Å². The molecule has 0 aromatic heterocycles. The summed E-state index contributed by atoms with van der Waals surface area (Å²) in [5.74, 6) is 1.63. The molecule has 1 aromatic carbocycles. The quantitative estimate of drug-likeness (QED) is 0.602. The van der Waals surface area contributed by atoms with Gasteiger partial charge in [0.1, 0.15) is 12.4 Å². The van der Waals surface area contributed by atoms with Crippen LogP contribution < -0.4 is 15.8 Å². The molecule has 1 amide bonds. The van der Waals surface area contributed by atoms with E-state index >= 15 is 0 Å². The summed E-state index contributed by atoms with van der Waals surface area (Å²) in [6.07, 6.45) is 11.0. The molecule has 1 aliphatic heterocycles. The highest BCUT2D eigenvalue weighted by atomic mass is 19.1. The molecule has 180 valence electrons. The largest absolute Gasteiger partial charge is 0.489 e. The molecule has 5 fully saturated rings. The van der Waals surface area contributed by atoms with Crippen LogP contribution in [0.5, 0.6) is 5.75 Å². The van der Waals surface area contributed by atoms with E-state index in [9.17, 15) is 9.18 Å². The molecule has 0 unspecified atom stereocenters. The Hall–Kier alpha value is -1.92. The molecule has 4 aliphatic carbocycles. The Morgan fingerprint density at radius 2 is 1.70 bits per heavy atom. The first-order valence-electron chi connectivity index (χ1n) is 12.7. The number of hydrogen-bond donors (Lipinski definition) is 2. The molecule has 0 atom stereocenters. The lowest BCUT2D eigenvalue weighted by molar-refractivity contribution is -0.139. The second-order valence-electron chi connectivity index (χ2n) is 10.8. The number of fused-ring (bicyclic) bond motifs is 3. The predicted molar refractivity (Wildman–Crippen MR) is 126 cm³/mol. The van der Waals surface area contributed by atoms with E-state index in [1.165, 1.54) is 5.56 Å². The van der Waals surface area contributed by atoms with Crippen molar-refractivity contribution in [1.29, 1.82) is 0 Å². The normalized spacial score (nSPS) is 31.3. The van der Waals surface area contributed by atoms with E-state index < -0.39 is 0 Å². The van der Waals surface area contributed by atoms with E-state index in [4.69, 9.17) is 15.2 Å². The Bertz CT molecular complexity index is 863. The average Bonchev–Trinajstić information content (AvgIpc) is 3.67. The molecule has 6 heteroatoms. The van der Waals surface area contributed by atoms with Gasteiger partial charge in [0.15, 0.2) is 0 Å². The summed E-state index contributed by atoms with van der Waals surface area (Å²) >= 11 is 0. The number of ether oxygens (including phenoxy) is 2. The highest BCUT2D eigenvalue weighted by Gasteiger charge is 2.57. The van der Waals surface area contributed by atoms with E-state index in [1.807, 2.05) is 12.1 Å². The second-order valence-corrected chi connectivity index (χ2v) is 10.8. The minimum Gasteiger partial charge on any atom is -0.489 e. The molecule has 5 nitrogen and oxygen atoms in total. The number of nitrogens with two attached hydrogens (primary N) is 1. The number of nitrogens with one attached hydrogen (secondary N) is 1. The predicted octanol–water partition coefficient (Wildman–Crippen LogP) is 4.54. The fourth-order valence-electron chi connectivity index (χ4n) is 6.55. The zero-order valence-electron chi connectivity index (χ0n) is 19.5. The van der Waals surface area contributed by atoms with Gasteiger partial charge in [0.2, 0.25) is 5.91 Å². The lowest BCUT2D eigenvalue weighted by Crippen LogP contribution is -2.55. The van der Waals surface area contributed by atoms with Crippen LogP contribution in [0.3, 0.4) is 0 Å². The maximum atomic E-state index is 13.5. The number of carbonyl (C=O) groups is 1. The number of benzene rings is 1. The summed E-state index contributed by atoms with van der Waals surface area (Å²) in [6.45, 7) is 1.99. The zero-order chi connectivity index (χ0) is 22.9. The van der Waals surface area contributed by atoms with Crippen LogP contribution in [0, 0.1) is 11.3 Å². The van der Waals surface area contributed by atoms with Gasteiger partial charge in [-0.3, -0.25) is 4.79 Å². The van der Waals surface area contributed by atoms with Gasteiger partial charge in [-0.2, -0.15) is 0 Å². The van der Waals surface area contributed by atoms with Crippen LogP contribution in [0.4, 0.5) is 4.39 Å². The van der Waals surface area contributed by atoms with Gasteiger partial charge in [-0.1, -0.05) is 12.1 Å². The number of amides is 1. The van der Waals surface area contributed by atoms with E-state index in [-0.39, 0.29) is 29.5 Å². The molecule has 33 heavy (non-hydrogen) atoms. The summed E-state index contributed by atoms with van der Waals surface area (Å²) < 4.78 is 23.9. The minimum absolute atomic E-state index is 0.0541. The van der Waals surface area contributed by atoms with Crippen LogP contribution in [-0.4, -0.2) is 37.8 Å². The summed E-state index contributed by atoms with van der Waals surface area (Å²) in [5.41, 5.74) is 7.32. The van der Waals surface area contributed by atoms with Gasteiger partial charge in [0, 0.05) is 36.3 Å². The van der Waals surface area contributed by atoms with E-state index in [1.54, 1.807) is 0 Å². The van der Waals surface area contributed by atoms with Gasteiger partial charge in [0.05, 0.1) is 6.33 Å². The third kappa shape index (κ3) is 4.32. The van der Waals surface area contributed by atoms with Crippen molar-refractivity contribution in [2.45, 2.75) is 75.2 Å². The molecule has 2 bridgehead atoms. The van der Waals surface area contributed by atoms with Gasteiger partial charge >= 0.3 is 0 Å². The number of hydrogen-bond acceptors (Lipinski definition) is 4. The molecule has 0 spiro atoms. The van der Waals surface area contributed by atoms with Crippen LogP contribution in [-0.2, 0) is 14.9 Å². The van der Waals surface area contributed by atoms with E-state index in [0.29, 0.717) is 23.7 Å². The standard InChI is InChI=1S/C27H37FN2O3/c28-17-20(18-29)19-33-23-3-1-21(2-4-23)25-7-10-26(11-8-25,12-9-25)24(31)30-27(13-14-27)22-5-15-32-16-6-22/h1-4,17,22H,5-16,18-19,29H2,(H,30,31).